The number of aliphatic hydroxyl groups excluding tert-OH is 1. The molecule has 2 heterocycles. The van der Waals surface area contributed by atoms with Gasteiger partial charge in [0.25, 0.3) is 0 Å². The first kappa shape index (κ1) is 12.6. The lowest BCUT2D eigenvalue weighted by atomic mass is 10.0. The van der Waals surface area contributed by atoms with Gasteiger partial charge in [0.05, 0.1) is 12.4 Å². The molecule has 0 amide bonds. The number of hydrogen-bond donors (Lipinski definition) is 1. The average Bonchev–Trinajstić information content (AvgIpc) is 2.77. The predicted octanol–water partition coefficient (Wildman–Crippen LogP) is 2.08. The van der Waals surface area contributed by atoms with Crippen LogP contribution in [0.1, 0.15) is 23.5 Å². The van der Waals surface area contributed by atoms with Gasteiger partial charge in [-0.25, -0.2) is 4.79 Å². The van der Waals surface area contributed by atoms with E-state index >= 15 is 0 Å². The van der Waals surface area contributed by atoms with Crippen molar-refractivity contribution in [3.63, 3.8) is 0 Å². The highest BCUT2D eigenvalue weighted by atomic mass is 16.4. The molecule has 4 heteroatoms. The molecule has 4 nitrogen and oxygen atoms in total. The van der Waals surface area contributed by atoms with Crippen LogP contribution < -0.4 is 5.63 Å². The maximum Gasteiger partial charge on any atom is 0.336 e. The topological polar surface area (TPSA) is 63.6 Å². The molecule has 2 aromatic heterocycles. The predicted molar refractivity (Wildman–Crippen MR) is 66.5 cm³/mol. The maximum absolute atomic E-state index is 11.2. The zero-order chi connectivity index (χ0) is 13.0. The molecule has 0 saturated heterocycles. The molecule has 1 unspecified atom stereocenters. The van der Waals surface area contributed by atoms with Gasteiger partial charge in [0.15, 0.2) is 0 Å². The molecule has 0 aliphatic heterocycles. The van der Waals surface area contributed by atoms with Gasteiger partial charge in [-0.1, -0.05) is 0 Å². The van der Waals surface area contributed by atoms with E-state index in [1.807, 2.05) is 12.1 Å². The number of furan rings is 1. The smallest absolute Gasteiger partial charge is 0.336 e. The Balaban J connectivity index is 1.90. The lowest BCUT2D eigenvalue weighted by Crippen LogP contribution is -2.13. The Bertz CT molecular complexity index is 539. The van der Waals surface area contributed by atoms with Crippen LogP contribution in [-0.2, 0) is 12.8 Å². The highest BCUT2D eigenvalue weighted by Gasteiger charge is 2.08. The van der Waals surface area contributed by atoms with Crippen molar-refractivity contribution in [3.8, 4) is 0 Å². The normalized spacial score (nSPS) is 12.6. The van der Waals surface area contributed by atoms with Gasteiger partial charge in [-0.2, -0.15) is 0 Å². The molecule has 96 valence electrons. The Morgan fingerprint density at radius 1 is 1.39 bits per heavy atom. The molecule has 0 aliphatic carbocycles. The van der Waals surface area contributed by atoms with Crippen LogP contribution in [-0.4, -0.2) is 11.2 Å². The van der Waals surface area contributed by atoms with Gasteiger partial charge < -0.3 is 13.9 Å². The highest BCUT2D eigenvalue weighted by Crippen LogP contribution is 2.10. The fourth-order valence-electron chi connectivity index (χ4n) is 1.93. The fourth-order valence-corrected chi connectivity index (χ4v) is 1.93. The molecule has 18 heavy (non-hydrogen) atoms. The highest BCUT2D eigenvalue weighted by molar-refractivity contribution is 5.14. The molecular weight excluding hydrogens is 232 g/mol. The van der Waals surface area contributed by atoms with Crippen molar-refractivity contribution in [1.82, 2.24) is 0 Å². The monoisotopic (exact) mass is 248 g/mol. The van der Waals surface area contributed by atoms with E-state index in [1.165, 1.54) is 6.07 Å². The van der Waals surface area contributed by atoms with Crippen LogP contribution in [0.5, 0.6) is 0 Å². The third kappa shape index (κ3) is 3.60. The van der Waals surface area contributed by atoms with Gasteiger partial charge >= 0.3 is 5.63 Å². The van der Waals surface area contributed by atoms with Crippen LogP contribution in [0.4, 0.5) is 0 Å². The Morgan fingerprint density at radius 2 is 2.22 bits per heavy atom. The summed E-state index contributed by atoms with van der Waals surface area (Å²) in [5.41, 5.74) is 0.430. The summed E-state index contributed by atoms with van der Waals surface area (Å²) in [4.78, 5) is 11.2. The molecule has 0 bridgehead atoms. The largest absolute Gasteiger partial charge is 0.469 e. The summed E-state index contributed by atoms with van der Waals surface area (Å²) >= 11 is 0. The van der Waals surface area contributed by atoms with Crippen molar-refractivity contribution in [2.24, 2.45) is 0 Å². The van der Waals surface area contributed by atoms with E-state index in [4.69, 9.17) is 8.83 Å². The first-order valence-corrected chi connectivity index (χ1v) is 5.94. The van der Waals surface area contributed by atoms with Gasteiger partial charge in [0.1, 0.15) is 11.5 Å². The summed E-state index contributed by atoms with van der Waals surface area (Å²) in [7, 11) is 0. The van der Waals surface area contributed by atoms with Gasteiger partial charge in [-0.3, -0.25) is 0 Å². The average molecular weight is 248 g/mol. The van der Waals surface area contributed by atoms with Gasteiger partial charge in [0, 0.05) is 12.5 Å². The summed E-state index contributed by atoms with van der Waals surface area (Å²) in [6.45, 7) is 1.72. The molecule has 2 aromatic rings. The summed E-state index contributed by atoms with van der Waals surface area (Å²) in [5.74, 6) is 1.42. The molecule has 0 aromatic carbocycles. The fraction of sp³-hybridized carbons (Fsp3) is 0.357. The van der Waals surface area contributed by atoms with E-state index in [0.717, 1.165) is 11.3 Å². The third-order valence-corrected chi connectivity index (χ3v) is 2.73. The minimum absolute atomic E-state index is 0.372. The van der Waals surface area contributed by atoms with Crippen LogP contribution in [0, 0.1) is 6.92 Å². The summed E-state index contributed by atoms with van der Waals surface area (Å²) in [6, 6.07) is 6.90. The number of aryl methyl sites for hydroxylation is 2. The van der Waals surface area contributed by atoms with Gasteiger partial charge in [-0.05, 0) is 43.5 Å². The van der Waals surface area contributed by atoms with E-state index < -0.39 is 6.10 Å². The van der Waals surface area contributed by atoms with E-state index in [0.29, 0.717) is 25.0 Å². The zero-order valence-electron chi connectivity index (χ0n) is 10.3. The molecule has 0 saturated carbocycles. The third-order valence-electron chi connectivity index (χ3n) is 2.73. The lowest BCUT2D eigenvalue weighted by molar-refractivity contribution is 0.162. The molecular formula is C14H16O4. The van der Waals surface area contributed by atoms with E-state index in [2.05, 4.69) is 0 Å². The zero-order valence-corrected chi connectivity index (χ0v) is 10.3. The first-order chi connectivity index (χ1) is 8.63. The number of aliphatic hydroxyl groups is 1. The number of rotatable bonds is 5. The molecule has 0 spiro atoms. The Kier molecular flexibility index (Phi) is 3.99. The van der Waals surface area contributed by atoms with Crippen molar-refractivity contribution in [2.45, 2.75) is 32.3 Å². The molecule has 1 atom stereocenters. The van der Waals surface area contributed by atoms with E-state index in [9.17, 15) is 9.90 Å². The Hall–Kier alpha value is -1.81. The van der Waals surface area contributed by atoms with Crippen molar-refractivity contribution in [3.05, 3.63) is 58.0 Å². The quantitative estimate of drug-likeness (QED) is 0.879. The van der Waals surface area contributed by atoms with E-state index in [1.54, 1.807) is 19.3 Å². The van der Waals surface area contributed by atoms with E-state index in [-0.39, 0.29) is 5.63 Å². The van der Waals surface area contributed by atoms with Crippen LogP contribution in [0.15, 0.2) is 44.2 Å². The van der Waals surface area contributed by atoms with Crippen LogP contribution >= 0.6 is 0 Å². The minimum Gasteiger partial charge on any atom is -0.469 e. The van der Waals surface area contributed by atoms with Gasteiger partial charge in [0.2, 0.25) is 0 Å². The van der Waals surface area contributed by atoms with Crippen molar-refractivity contribution in [2.75, 3.05) is 0 Å². The first-order valence-electron chi connectivity index (χ1n) is 5.94. The second kappa shape index (κ2) is 5.69. The molecule has 0 radical (unpaired) electrons. The maximum atomic E-state index is 11.2. The van der Waals surface area contributed by atoms with Crippen molar-refractivity contribution in [1.29, 1.82) is 0 Å². The second-order valence-corrected chi connectivity index (χ2v) is 4.37. The minimum atomic E-state index is -0.490. The van der Waals surface area contributed by atoms with Crippen LogP contribution in [0.2, 0.25) is 0 Å². The van der Waals surface area contributed by atoms with Crippen molar-refractivity contribution >= 4 is 0 Å². The summed E-state index contributed by atoms with van der Waals surface area (Å²) < 4.78 is 10.1. The Morgan fingerprint density at radius 3 is 2.89 bits per heavy atom. The van der Waals surface area contributed by atoms with Crippen LogP contribution in [0.3, 0.4) is 0 Å². The molecule has 0 aliphatic rings. The summed E-state index contributed by atoms with van der Waals surface area (Å²) in [6.07, 6.45) is 2.87. The SMILES string of the molecule is Cc1cc(CC(O)CCc2ccco2)cc(=O)o1. The molecule has 1 N–H and O–H groups in total. The van der Waals surface area contributed by atoms with Crippen LogP contribution in [0.25, 0.3) is 0 Å². The standard InChI is InChI=1S/C14H16O4/c1-10-7-11(9-14(16)18-10)8-12(15)4-5-13-3-2-6-17-13/h2-3,6-7,9,12,15H,4-5,8H2,1H3. The molecule has 0 fully saturated rings. The molecule has 2 rings (SSSR count). The number of hydrogen-bond acceptors (Lipinski definition) is 4. The van der Waals surface area contributed by atoms with Crippen molar-refractivity contribution < 1.29 is 13.9 Å². The Labute approximate surface area is 105 Å². The van der Waals surface area contributed by atoms with Gasteiger partial charge in [-0.15, -0.1) is 0 Å². The summed E-state index contributed by atoms with van der Waals surface area (Å²) in [5, 5.41) is 9.91. The lowest BCUT2D eigenvalue weighted by Gasteiger charge is -2.09. The second-order valence-electron chi connectivity index (χ2n) is 4.37.